The molecule has 4 heteroatoms. The highest BCUT2D eigenvalue weighted by atomic mass is 16.5. The quantitative estimate of drug-likeness (QED) is 0.861. The third-order valence-corrected chi connectivity index (χ3v) is 3.77. The number of piperidine rings is 1. The van der Waals surface area contributed by atoms with Crippen LogP contribution in [0.4, 0.5) is 0 Å². The molecule has 4 nitrogen and oxygen atoms in total. The molecule has 0 radical (unpaired) electrons. The predicted octanol–water partition coefficient (Wildman–Crippen LogP) is 1.74. The van der Waals surface area contributed by atoms with Gasteiger partial charge in [0.15, 0.2) is 0 Å². The van der Waals surface area contributed by atoms with Crippen molar-refractivity contribution in [1.29, 1.82) is 0 Å². The van der Waals surface area contributed by atoms with Crippen LogP contribution in [0.3, 0.4) is 0 Å². The second-order valence-corrected chi connectivity index (χ2v) is 5.47. The summed E-state index contributed by atoms with van der Waals surface area (Å²) in [5, 5.41) is 6.39. The Morgan fingerprint density at radius 1 is 1.50 bits per heavy atom. The molecule has 1 fully saturated rings. The zero-order valence-corrected chi connectivity index (χ0v) is 12.3. The Morgan fingerprint density at radius 3 is 3.00 bits per heavy atom. The summed E-state index contributed by atoms with van der Waals surface area (Å²) in [5.41, 5.74) is 1.13. The maximum absolute atomic E-state index is 12.2. The van der Waals surface area contributed by atoms with Crippen molar-refractivity contribution in [1.82, 2.24) is 10.6 Å². The Bertz CT molecular complexity index is 442. The van der Waals surface area contributed by atoms with E-state index in [0.29, 0.717) is 0 Å². The van der Waals surface area contributed by atoms with E-state index in [0.717, 1.165) is 43.7 Å². The van der Waals surface area contributed by atoms with E-state index in [1.807, 2.05) is 31.2 Å². The highest BCUT2D eigenvalue weighted by molar-refractivity contribution is 5.79. The molecule has 2 rings (SSSR count). The zero-order chi connectivity index (χ0) is 14.4. The van der Waals surface area contributed by atoms with E-state index in [-0.39, 0.29) is 17.9 Å². The first-order valence-electron chi connectivity index (χ1n) is 7.33. The maximum Gasteiger partial charge on any atom is 0.224 e. The number of carbonyl (C=O) groups is 1. The highest BCUT2D eigenvalue weighted by Crippen LogP contribution is 2.19. The van der Waals surface area contributed by atoms with Gasteiger partial charge in [0.05, 0.1) is 13.0 Å². The van der Waals surface area contributed by atoms with E-state index in [2.05, 4.69) is 10.6 Å². The number of rotatable bonds is 5. The Balaban J connectivity index is 1.88. The molecule has 1 amide bonds. The second-order valence-electron chi connectivity index (χ2n) is 5.47. The van der Waals surface area contributed by atoms with E-state index < -0.39 is 0 Å². The van der Waals surface area contributed by atoms with Gasteiger partial charge in [-0.05, 0) is 44.4 Å². The fraction of sp³-hybridized carbons (Fsp3) is 0.562. The molecule has 1 heterocycles. The number of hydrogen-bond donors (Lipinski definition) is 2. The maximum atomic E-state index is 12.2. The molecule has 0 bridgehead atoms. The number of para-hydroxylation sites is 1. The van der Waals surface area contributed by atoms with E-state index in [1.165, 1.54) is 0 Å². The standard InChI is InChI=1S/C16H24N2O2/c1-12(10-13-6-3-4-8-15(13)20-2)18-16(19)14-7-5-9-17-11-14/h3-4,6,8,12,14,17H,5,7,9-11H2,1-2H3,(H,18,19)/t12?,14-/m0/s1. The predicted molar refractivity (Wildman–Crippen MR) is 79.9 cm³/mol. The summed E-state index contributed by atoms with van der Waals surface area (Å²) in [6.45, 7) is 3.87. The summed E-state index contributed by atoms with van der Waals surface area (Å²) in [5.74, 6) is 1.16. The molecule has 20 heavy (non-hydrogen) atoms. The third kappa shape index (κ3) is 3.97. The molecule has 1 aromatic rings. The highest BCUT2D eigenvalue weighted by Gasteiger charge is 2.22. The summed E-state index contributed by atoms with van der Waals surface area (Å²) in [6, 6.07) is 8.07. The first kappa shape index (κ1) is 14.9. The van der Waals surface area contributed by atoms with Gasteiger partial charge < -0.3 is 15.4 Å². The van der Waals surface area contributed by atoms with Crippen molar-refractivity contribution in [2.75, 3.05) is 20.2 Å². The minimum absolute atomic E-state index is 0.112. The minimum Gasteiger partial charge on any atom is -0.496 e. The van der Waals surface area contributed by atoms with Gasteiger partial charge in [0.2, 0.25) is 5.91 Å². The van der Waals surface area contributed by atoms with Crippen molar-refractivity contribution >= 4 is 5.91 Å². The van der Waals surface area contributed by atoms with Gasteiger partial charge in [-0.25, -0.2) is 0 Å². The lowest BCUT2D eigenvalue weighted by Gasteiger charge is -2.24. The Kier molecular flexibility index (Phi) is 5.41. The monoisotopic (exact) mass is 276 g/mol. The molecule has 0 aliphatic carbocycles. The Hall–Kier alpha value is -1.55. The summed E-state index contributed by atoms with van der Waals surface area (Å²) < 4.78 is 5.34. The van der Waals surface area contributed by atoms with Crippen molar-refractivity contribution < 1.29 is 9.53 Å². The van der Waals surface area contributed by atoms with Gasteiger partial charge in [-0.1, -0.05) is 18.2 Å². The molecule has 2 atom stereocenters. The number of benzene rings is 1. The molecule has 1 aliphatic heterocycles. The van der Waals surface area contributed by atoms with Crippen LogP contribution in [-0.2, 0) is 11.2 Å². The Morgan fingerprint density at radius 2 is 2.30 bits per heavy atom. The average Bonchev–Trinajstić information content (AvgIpc) is 2.48. The lowest BCUT2D eigenvalue weighted by molar-refractivity contribution is -0.126. The van der Waals surface area contributed by atoms with Crippen LogP contribution in [0.15, 0.2) is 24.3 Å². The summed E-state index contributed by atoms with van der Waals surface area (Å²) >= 11 is 0. The van der Waals surface area contributed by atoms with Gasteiger partial charge in [0.25, 0.3) is 0 Å². The van der Waals surface area contributed by atoms with Crippen molar-refractivity contribution in [3.8, 4) is 5.75 Å². The molecule has 0 spiro atoms. The van der Waals surface area contributed by atoms with Crippen molar-refractivity contribution in [3.63, 3.8) is 0 Å². The van der Waals surface area contributed by atoms with Gasteiger partial charge in [0.1, 0.15) is 5.75 Å². The zero-order valence-electron chi connectivity index (χ0n) is 12.3. The van der Waals surface area contributed by atoms with Crippen LogP contribution in [0, 0.1) is 5.92 Å². The number of methoxy groups -OCH3 is 1. The van der Waals surface area contributed by atoms with Gasteiger partial charge >= 0.3 is 0 Å². The normalized spacial score (nSPS) is 20.2. The summed E-state index contributed by atoms with van der Waals surface area (Å²) in [6.07, 6.45) is 2.86. The molecule has 110 valence electrons. The molecule has 2 N–H and O–H groups in total. The van der Waals surface area contributed by atoms with E-state index in [4.69, 9.17) is 4.74 Å². The molecular weight excluding hydrogens is 252 g/mol. The van der Waals surface area contributed by atoms with Crippen LogP contribution in [0.1, 0.15) is 25.3 Å². The number of hydrogen-bond acceptors (Lipinski definition) is 3. The van der Waals surface area contributed by atoms with Crippen molar-refractivity contribution in [2.45, 2.75) is 32.2 Å². The van der Waals surface area contributed by atoms with Crippen LogP contribution in [-0.4, -0.2) is 32.1 Å². The van der Waals surface area contributed by atoms with Crippen LogP contribution < -0.4 is 15.4 Å². The van der Waals surface area contributed by atoms with Crippen LogP contribution in [0.25, 0.3) is 0 Å². The van der Waals surface area contributed by atoms with Crippen LogP contribution in [0.5, 0.6) is 5.75 Å². The summed E-state index contributed by atoms with van der Waals surface area (Å²) in [7, 11) is 1.68. The van der Waals surface area contributed by atoms with E-state index in [9.17, 15) is 4.79 Å². The first-order valence-corrected chi connectivity index (χ1v) is 7.33. The molecule has 1 saturated heterocycles. The molecular formula is C16H24N2O2. The lowest BCUT2D eigenvalue weighted by Crippen LogP contribution is -2.44. The SMILES string of the molecule is COc1ccccc1CC(C)NC(=O)[C@H]1CCCNC1. The van der Waals surface area contributed by atoms with Gasteiger partial charge in [0, 0.05) is 12.6 Å². The van der Waals surface area contributed by atoms with Crippen LogP contribution in [0.2, 0.25) is 0 Å². The van der Waals surface area contributed by atoms with Crippen LogP contribution >= 0.6 is 0 Å². The molecule has 0 saturated carbocycles. The molecule has 1 aromatic carbocycles. The Labute approximate surface area is 120 Å². The lowest BCUT2D eigenvalue weighted by atomic mass is 9.98. The fourth-order valence-corrected chi connectivity index (χ4v) is 2.69. The first-order chi connectivity index (χ1) is 9.70. The number of ether oxygens (including phenoxy) is 1. The number of carbonyl (C=O) groups excluding carboxylic acids is 1. The van der Waals surface area contributed by atoms with Gasteiger partial charge in [-0.15, -0.1) is 0 Å². The third-order valence-electron chi connectivity index (χ3n) is 3.77. The largest absolute Gasteiger partial charge is 0.496 e. The van der Waals surface area contributed by atoms with Crippen molar-refractivity contribution in [2.24, 2.45) is 5.92 Å². The number of nitrogens with one attached hydrogen (secondary N) is 2. The fourth-order valence-electron chi connectivity index (χ4n) is 2.69. The second kappa shape index (κ2) is 7.29. The van der Waals surface area contributed by atoms with Crippen molar-refractivity contribution in [3.05, 3.63) is 29.8 Å². The van der Waals surface area contributed by atoms with E-state index >= 15 is 0 Å². The molecule has 0 aromatic heterocycles. The minimum atomic E-state index is 0.112. The smallest absolute Gasteiger partial charge is 0.224 e. The topological polar surface area (TPSA) is 50.4 Å². The number of amides is 1. The van der Waals surface area contributed by atoms with Gasteiger partial charge in [-0.2, -0.15) is 0 Å². The average molecular weight is 276 g/mol. The van der Waals surface area contributed by atoms with Gasteiger partial charge in [-0.3, -0.25) is 4.79 Å². The van der Waals surface area contributed by atoms with E-state index in [1.54, 1.807) is 7.11 Å². The summed E-state index contributed by atoms with van der Waals surface area (Å²) in [4.78, 5) is 12.2. The molecule has 1 aliphatic rings. The molecule has 1 unspecified atom stereocenters.